The standard InChI is InChI=1S/C25H25N5O4/c1-13-10-17(15(3)33-13)19-12-18(22-14(2)29-34-25(22)28-19)24(32)27-20-11-16(23(26)31)6-7-21(20)30-8-4-5-9-30/h6-7,10-12H,4-5,8-9H2,1-3H3,(H2,26,31)(H,27,32). The summed E-state index contributed by atoms with van der Waals surface area (Å²) in [6, 6.07) is 8.72. The summed E-state index contributed by atoms with van der Waals surface area (Å²) in [5.74, 6) is 0.516. The van der Waals surface area contributed by atoms with E-state index < -0.39 is 5.91 Å². The zero-order valence-corrected chi connectivity index (χ0v) is 19.3. The van der Waals surface area contributed by atoms with Gasteiger partial charge in [-0.3, -0.25) is 9.59 Å². The first-order valence-corrected chi connectivity index (χ1v) is 11.2. The average Bonchev–Trinajstić information content (AvgIpc) is 3.54. The van der Waals surface area contributed by atoms with Crippen LogP contribution in [0.25, 0.3) is 22.4 Å². The van der Waals surface area contributed by atoms with E-state index in [-0.39, 0.29) is 11.6 Å². The van der Waals surface area contributed by atoms with Crippen LogP contribution in [0.4, 0.5) is 11.4 Å². The minimum atomic E-state index is -0.558. The maximum absolute atomic E-state index is 13.6. The summed E-state index contributed by atoms with van der Waals surface area (Å²) >= 11 is 0. The predicted octanol–water partition coefficient (Wildman–Crippen LogP) is 4.36. The Balaban J connectivity index is 1.60. The van der Waals surface area contributed by atoms with Crippen molar-refractivity contribution in [2.24, 2.45) is 5.73 Å². The molecule has 0 aliphatic carbocycles. The topological polar surface area (TPSA) is 127 Å². The van der Waals surface area contributed by atoms with Crippen LogP contribution < -0.4 is 16.0 Å². The number of primary amides is 1. The highest BCUT2D eigenvalue weighted by Crippen LogP contribution is 2.33. The molecule has 0 spiro atoms. The van der Waals surface area contributed by atoms with E-state index in [2.05, 4.69) is 20.4 Å². The third-order valence-electron chi connectivity index (χ3n) is 6.15. The maximum Gasteiger partial charge on any atom is 0.259 e. The Morgan fingerprint density at radius 1 is 1.09 bits per heavy atom. The van der Waals surface area contributed by atoms with Gasteiger partial charge in [0.1, 0.15) is 11.5 Å². The molecule has 0 unspecified atom stereocenters. The van der Waals surface area contributed by atoms with Crippen molar-refractivity contribution in [3.8, 4) is 11.3 Å². The van der Waals surface area contributed by atoms with Gasteiger partial charge in [-0.15, -0.1) is 0 Å². The lowest BCUT2D eigenvalue weighted by molar-refractivity contribution is 0.0996. The van der Waals surface area contributed by atoms with E-state index in [1.807, 2.05) is 26.0 Å². The molecule has 1 aliphatic heterocycles. The summed E-state index contributed by atoms with van der Waals surface area (Å²) in [5, 5.41) is 7.55. The zero-order valence-electron chi connectivity index (χ0n) is 19.3. The van der Waals surface area contributed by atoms with Crippen LogP contribution in [0.1, 0.15) is 50.8 Å². The van der Waals surface area contributed by atoms with Crippen LogP contribution >= 0.6 is 0 Å². The minimum absolute atomic E-state index is 0.268. The number of carbonyl (C=O) groups excluding carboxylic acids is 2. The second-order valence-corrected chi connectivity index (χ2v) is 8.57. The van der Waals surface area contributed by atoms with E-state index >= 15 is 0 Å². The van der Waals surface area contributed by atoms with Crippen molar-refractivity contribution < 1.29 is 18.5 Å². The third-order valence-corrected chi connectivity index (χ3v) is 6.15. The van der Waals surface area contributed by atoms with Crippen LogP contribution in [-0.2, 0) is 0 Å². The van der Waals surface area contributed by atoms with Gasteiger partial charge >= 0.3 is 0 Å². The fourth-order valence-corrected chi connectivity index (χ4v) is 4.51. The SMILES string of the molecule is Cc1cc(-c2cc(C(=O)Nc3cc(C(N)=O)ccc3N3CCCC3)c3c(C)noc3n2)c(C)o1. The van der Waals surface area contributed by atoms with Crippen molar-refractivity contribution >= 4 is 34.3 Å². The maximum atomic E-state index is 13.6. The average molecular weight is 460 g/mol. The minimum Gasteiger partial charge on any atom is -0.466 e. The summed E-state index contributed by atoms with van der Waals surface area (Å²) < 4.78 is 11.1. The number of aryl methyl sites for hydroxylation is 3. The highest BCUT2D eigenvalue weighted by Gasteiger charge is 2.23. The molecular weight excluding hydrogens is 434 g/mol. The van der Waals surface area contributed by atoms with Gasteiger partial charge in [-0.05, 0) is 63.9 Å². The van der Waals surface area contributed by atoms with E-state index in [9.17, 15) is 9.59 Å². The predicted molar refractivity (Wildman–Crippen MR) is 128 cm³/mol. The molecule has 0 radical (unpaired) electrons. The summed E-state index contributed by atoms with van der Waals surface area (Å²) in [4.78, 5) is 32.2. The molecule has 0 bridgehead atoms. The number of benzene rings is 1. The lowest BCUT2D eigenvalue weighted by atomic mass is 10.0. The van der Waals surface area contributed by atoms with Crippen LogP contribution in [0.3, 0.4) is 0 Å². The van der Waals surface area contributed by atoms with Gasteiger partial charge in [0.25, 0.3) is 11.6 Å². The van der Waals surface area contributed by atoms with Gasteiger partial charge in [0.2, 0.25) is 5.91 Å². The van der Waals surface area contributed by atoms with Crippen molar-refractivity contribution in [3.05, 3.63) is 58.7 Å². The van der Waals surface area contributed by atoms with Crippen molar-refractivity contribution in [1.82, 2.24) is 10.1 Å². The monoisotopic (exact) mass is 459 g/mol. The van der Waals surface area contributed by atoms with Crippen molar-refractivity contribution in [3.63, 3.8) is 0 Å². The molecule has 1 aromatic carbocycles. The molecule has 4 heterocycles. The van der Waals surface area contributed by atoms with Gasteiger partial charge in [-0.2, -0.15) is 0 Å². The fraction of sp³-hybridized carbons (Fsp3) is 0.280. The van der Waals surface area contributed by atoms with Crippen LogP contribution in [0.15, 0.2) is 39.3 Å². The smallest absolute Gasteiger partial charge is 0.259 e. The molecule has 1 saturated heterocycles. The lowest BCUT2D eigenvalue weighted by Gasteiger charge is -2.22. The van der Waals surface area contributed by atoms with Crippen molar-refractivity contribution in [1.29, 1.82) is 0 Å². The first-order chi connectivity index (χ1) is 16.3. The Bertz CT molecular complexity index is 1430. The van der Waals surface area contributed by atoms with Gasteiger partial charge < -0.3 is 24.9 Å². The van der Waals surface area contributed by atoms with Crippen molar-refractivity contribution in [2.45, 2.75) is 33.6 Å². The van der Waals surface area contributed by atoms with E-state index in [1.54, 1.807) is 25.1 Å². The molecule has 0 atom stereocenters. The second kappa shape index (κ2) is 8.33. The van der Waals surface area contributed by atoms with E-state index in [4.69, 9.17) is 14.7 Å². The number of amides is 2. The molecule has 0 saturated carbocycles. The Morgan fingerprint density at radius 3 is 2.53 bits per heavy atom. The number of hydrogen-bond acceptors (Lipinski definition) is 7. The molecule has 5 rings (SSSR count). The first kappa shape index (κ1) is 21.7. The number of nitrogens with two attached hydrogens (primary N) is 1. The molecule has 3 aromatic heterocycles. The molecule has 9 nitrogen and oxygen atoms in total. The zero-order chi connectivity index (χ0) is 24.0. The number of carbonyl (C=O) groups is 2. The summed E-state index contributed by atoms with van der Waals surface area (Å²) in [7, 11) is 0. The highest BCUT2D eigenvalue weighted by atomic mass is 16.5. The first-order valence-electron chi connectivity index (χ1n) is 11.2. The van der Waals surface area contributed by atoms with Gasteiger partial charge in [-0.25, -0.2) is 4.98 Å². The fourth-order valence-electron chi connectivity index (χ4n) is 4.51. The molecular formula is C25H25N5O4. The largest absolute Gasteiger partial charge is 0.466 e. The van der Waals surface area contributed by atoms with E-state index in [0.717, 1.165) is 42.9 Å². The normalized spacial score (nSPS) is 13.6. The number of anilines is 2. The highest BCUT2D eigenvalue weighted by molar-refractivity contribution is 6.14. The van der Waals surface area contributed by atoms with Crippen LogP contribution in [0.2, 0.25) is 0 Å². The van der Waals surface area contributed by atoms with Crippen LogP contribution in [-0.4, -0.2) is 35.0 Å². The number of hydrogen-bond donors (Lipinski definition) is 2. The molecule has 174 valence electrons. The number of pyridine rings is 1. The number of rotatable bonds is 5. The van der Waals surface area contributed by atoms with Crippen molar-refractivity contribution in [2.75, 3.05) is 23.3 Å². The molecule has 1 aliphatic rings. The molecule has 1 fully saturated rings. The second-order valence-electron chi connectivity index (χ2n) is 8.57. The summed E-state index contributed by atoms with van der Waals surface area (Å²) in [5.41, 5.74) is 9.73. The summed E-state index contributed by atoms with van der Waals surface area (Å²) in [6.45, 7) is 7.23. The van der Waals surface area contributed by atoms with Crippen LogP contribution in [0, 0.1) is 20.8 Å². The molecule has 4 aromatic rings. The summed E-state index contributed by atoms with van der Waals surface area (Å²) in [6.07, 6.45) is 2.14. The van der Waals surface area contributed by atoms with Crippen LogP contribution in [0.5, 0.6) is 0 Å². The molecule has 34 heavy (non-hydrogen) atoms. The number of nitrogens with zero attached hydrogens (tertiary/aromatic N) is 3. The number of aromatic nitrogens is 2. The Kier molecular flexibility index (Phi) is 5.31. The Morgan fingerprint density at radius 2 is 1.85 bits per heavy atom. The number of furan rings is 1. The van der Waals surface area contributed by atoms with Gasteiger partial charge in [-0.1, -0.05) is 5.16 Å². The van der Waals surface area contributed by atoms with E-state index in [1.165, 1.54) is 0 Å². The Hall–Kier alpha value is -4.14. The molecule has 9 heteroatoms. The number of nitrogens with one attached hydrogen (secondary N) is 1. The Labute approximate surface area is 195 Å². The van der Waals surface area contributed by atoms with Gasteiger partial charge in [0.05, 0.1) is 33.7 Å². The van der Waals surface area contributed by atoms with E-state index in [0.29, 0.717) is 39.3 Å². The van der Waals surface area contributed by atoms with Gasteiger partial charge in [0.15, 0.2) is 0 Å². The quantitative estimate of drug-likeness (QED) is 0.454. The third kappa shape index (κ3) is 3.79. The van der Waals surface area contributed by atoms with Gasteiger partial charge in [0, 0.05) is 24.2 Å². The number of fused-ring (bicyclic) bond motifs is 1. The molecule has 3 N–H and O–H groups in total. The lowest BCUT2D eigenvalue weighted by Crippen LogP contribution is -2.22. The molecule has 2 amide bonds.